The molecule has 94 valence electrons. The first-order valence-corrected chi connectivity index (χ1v) is 6.53. The summed E-state index contributed by atoms with van der Waals surface area (Å²) < 4.78 is 24.6. The zero-order chi connectivity index (χ0) is 13.0. The van der Waals surface area contributed by atoms with E-state index in [1.807, 2.05) is 0 Å². The fourth-order valence-electron chi connectivity index (χ4n) is 1.19. The Balaban J connectivity index is 2.19. The summed E-state index contributed by atoms with van der Waals surface area (Å²) in [6, 6.07) is 2.97. The monoisotopic (exact) mass is 287 g/mol. The summed E-state index contributed by atoms with van der Waals surface area (Å²) in [5.74, 6) is -3.12. The molecule has 0 fully saturated rings. The van der Waals surface area contributed by atoms with Crippen LogP contribution in [0.15, 0.2) is 34.9 Å². The molecule has 0 aromatic carbocycles. The van der Waals surface area contributed by atoms with Crippen molar-refractivity contribution >= 4 is 34.1 Å². The maximum Gasteiger partial charge on any atom is 0.290 e. The summed E-state index contributed by atoms with van der Waals surface area (Å²) in [4.78, 5) is 19.5. The number of nitrogens with zero attached hydrogens (tertiary/aromatic N) is 2. The van der Waals surface area contributed by atoms with Gasteiger partial charge in [0.2, 0.25) is 0 Å². The van der Waals surface area contributed by atoms with Crippen molar-refractivity contribution in [3.05, 3.63) is 35.5 Å². The van der Waals surface area contributed by atoms with Crippen LogP contribution in [-0.2, 0) is 0 Å². The van der Waals surface area contributed by atoms with Crippen LogP contribution in [0.5, 0.6) is 0 Å². The number of hydrogen-bond acceptors (Lipinski definition) is 5. The Morgan fingerprint density at radius 1 is 1.39 bits per heavy atom. The van der Waals surface area contributed by atoms with Crippen LogP contribution in [-0.4, -0.2) is 21.6 Å². The molecular weight excluding hydrogens is 280 g/mol. The second-order valence-electron chi connectivity index (χ2n) is 3.03. The van der Waals surface area contributed by atoms with Crippen LogP contribution in [0.1, 0.15) is 10.4 Å². The molecule has 0 saturated carbocycles. The molecule has 2 rings (SSSR count). The first kappa shape index (κ1) is 12.9. The highest BCUT2D eigenvalue weighted by Gasteiger charge is 2.17. The molecule has 0 aliphatic carbocycles. The lowest BCUT2D eigenvalue weighted by molar-refractivity contribution is 0.102. The molecule has 2 heterocycles. The van der Waals surface area contributed by atoms with Crippen molar-refractivity contribution in [2.75, 3.05) is 5.32 Å². The molecule has 0 radical (unpaired) electrons. The molecule has 2 aromatic heterocycles. The SMILES string of the molecule is O=C(Nc1nccs1)c1cccnc1SC(F)F. The van der Waals surface area contributed by atoms with Gasteiger partial charge in [-0.2, -0.15) is 8.78 Å². The lowest BCUT2D eigenvalue weighted by atomic mass is 10.3. The Labute approximate surface area is 109 Å². The van der Waals surface area contributed by atoms with E-state index in [0.29, 0.717) is 5.13 Å². The topological polar surface area (TPSA) is 54.9 Å². The van der Waals surface area contributed by atoms with E-state index in [4.69, 9.17) is 0 Å². The van der Waals surface area contributed by atoms with E-state index in [1.165, 1.54) is 29.7 Å². The van der Waals surface area contributed by atoms with Crippen LogP contribution in [0.2, 0.25) is 0 Å². The lowest BCUT2D eigenvalue weighted by Gasteiger charge is -2.06. The Hall–Kier alpha value is -1.54. The van der Waals surface area contributed by atoms with E-state index in [9.17, 15) is 13.6 Å². The molecule has 18 heavy (non-hydrogen) atoms. The van der Waals surface area contributed by atoms with Crippen molar-refractivity contribution in [2.24, 2.45) is 0 Å². The van der Waals surface area contributed by atoms with E-state index in [1.54, 1.807) is 11.6 Å². The highest BCUT2D eigenvalue weighted by atomic mass is 32.2. The third-order valence-electron chi connectivity index (χ3n) is 1.87. The molecule has 2 aromatic rings. The number of halogens is 2. The van der Waals surface area contributed by atoms with Gasteiger partial charge in [-0.3, -0.25) is 10.1 Å². The number of aromatic nitrogens is 2. The number of thiazole rings is 1. The number of hydrogen-bond donors (Lipinski definition) is 1. The summed E-state index contributed by atoms with van der Waals surface area (Å²) in [5.41, 5.74) is 0.109. The fourth-order valence-corrected chi connectivity index (χ4v) is 2.29. The molecule has 0 atom stereocenters. The third-order valence-corrected chi connectivity index (χ3v) is 3.28. The molecule has 1 N–H and O–H groups in total. The summed E-state index contributed by atoms with van der Waals surface area (Å²) in [5, 5.41) is 4.64. The van der Waals surface area contributed by atoms with Crippen molar-refractivity contribution in [3.8, 4) is 0 Å². The zero-order valence-electron chi connectivity index (χ0n) is 8.84. The second kappa shape index (κ2) is 5.87. The van der Waals surface area contributed by atoms with Gasteiger partial charge in [-0.25, -0.2) is 9.97 Å². The minimum Gasteiger partial charge on any atom is -0.298 e. The maximum absolute atomic E-state index is 12.3. The molecule has 0 bridgehead atoms. The van der Waals surface area contributed by atoms with Crippen LogP contribution in [0.4, 0.5) is 13.9 Å². The molecule has 8 heteroatoms. The van der Waals surface area contributed by atoms with Crippen molar-refractivity contribution < 1.29 is 13.6 Å². The van der Waals surface area contributed by atoms with Gasteiger partial charge in [0.15, 0.2) is 5.13 Å². The number of amides is 1. The molecule has 1 amide bonds. The van der Waals surface area contributed by atoms with Gasteiger partial charge in [0.25, 0.3) is 11.7 Å². The molecule has 0 aliphatic rings. The Morgan fingerprint density at radius 2 is 2.22 bits per heavy atom. The average molecular weight is 287 g/mol. The predicted molar refractivity (Wildman–Crippen MR) is 66.2 cm³/mol. The molecule has 0 spiro atoms. The Bertz CT molecular complexity index is 534. The number of carbonyl (C=O) groups excluding carboxylic acids is 1. The average Bonchev–Trinajstić information content (AvgIpc) is 2.81. The highest BCUT2D eigenvalue weighted by Crippen LogP contribution is 2.26. The van der Waals surface area contributed by atoms with E-state index in [0.717, 1.165) is 0 Å². The predicted octanol–water partition coefficient (Wildman–Crippen LogP) is 3.11. The first-order chi connectivity index (χ1) is 8.66. The van der Waals surface area contributed by atoms with Crippen molar-refractivity contribution in [1.82, 2.24) is 9.97 Å². The summed E-state index contributed by atoms with van der Waals surface area (Å²) in [7, 11) is 0. The molecular formula is C10H7F2N3OS2. The quantitative estimate of drug-likeness (QED) is 0.878. The normalized spacial score (nSPS) is 10.6. The number of pyridine rings is 1. The third kappa shape index (κ3) is 3.23. The Kier molecular flexibility index (Phi) is 4.21. The molecule has 0 aliphatic heterocycles. The van der Waals surface area contributed by atoms with Gasteiger partial charge in [0.05, 0.1) is 5.56 Å². The minimum absolute atomic E-state index is 0.00144. The van der Waals surface area contributed by atoms with Crippen molar-refractivity contribution in [1.29, 1.82) is 0 Å². The van der Waals surface area contributed by atoms with E-state index in [-0.39, 0.29) is 22.4 Å². The van der Waals surface area contributed by atoms with Crippen molar-refractivity contribution in [3.63, 3.8) is 0 Å². The van der Waals surface area contributed by atoms with Gasteiger partial charge in [-0.15, -0.1) is 11.3 Å². The van der Waals surface area contributed by atoms with Crippen LogP contribution < -0.4 is 5.32 Å². The fraction of sp³-hybridized carbons (Fsp3) is 0.100. The molecule has 4 nitrogen and oxygen atoms in total. The number of alkyl halides is 2. The number of anilines is 1. The number of nitrogens with one attached hydrogen (secondary N) is 1. The second-order valence-corrected chi connectivity index (χ2v) is 4.90. The van der Waals surface area contributed by atoms with E-state index < -0.39 is 11.7 Å². The van der Waals surface area contributed by atoms with Crippen LogP contribution >= 0.6 is 23.1 Å². The number of thioether (sulfide) groups is 1. The van der Waals surface area contributed by atoms with Gasteiger partial charge in [0, 0.05) is 17.8 Å². The number of rotatable bonds is 4. The van der Waals surface area contributed by atoms with E-state index in [2.05, 4.69) is 15.3 Å². The van der Waals surface area contributed by atoms with Gasteiger partial charge in [-0.05, 0) is 23.9 Å². The maximum atomic E-state index is 12.3. The molecule has 0 saturated heterocycles. The summed E-state index contributed by atoms with van der Waals surface area (Å²) >= 11 is 1.49. The van der Waals surface area contributed by atoms with Gasteiger partial charge >= 0.3 is 0 Å². The largest absolute Gasteiger partial charge is 0.298 e. The van der Waals surface area contributed by atoms with Crippen molar-refractivity contribution in [2.45, 2.75) is 10.8 Å². The lowest BCUT2D eigenvalue weighted by Crippen LogP contribution is -2.13. The standard InChI is InChI=1S/C10H7F2N3OS2/c11-9(12)18-8-6(2-1-3-13-8)7(16)15-10-14-4-5-17-10/h1-5,9H,(H,14,15,16). The Morgan fingerprint density at radius 3 is 2.89 bits per heavy atom. The van der Waals surface area contributed by atoms with Crippen LogP contribution in [0, 0.1) is 0 Å². The highest BCUT2D eigenvalue weighted by molar-refractivity contribution is 7.99. The van der Waals surface area contributed by atoms with Crippen LogP contribution in [0.3, 0.4) is 0 Å². The first-order valence-electron chi connectivity index (χ1n) is 4.77. The zero-order valence-corrected chi connectivity index (χ0v) is 10.5. The minimum atomic E-state index is -2.62. The van der Waals surface area contributed by atoms with Gasteiger partial charge in [-0.1, -0.05) is 0 Å². The van der Waals surface area contributed by atoms with Crippen LogP contribution in [0.25, 0.3) is 0 Å². The van der Waals surface area contributed by atoms with Gasteiger partial charge in [0.1, 0.15) is 5.03 Å². The summed E-state index contributed by atoms with van der Waals surface area (Å²) in [6.45, 7) is 0. The smallest absolute Gasteiger partial charge is 0.290 e. The number of carbonyl (C=O) groups is 1. The summed E-state index contributed by atoms with van der Waals surface area (Å²) in [6.07, 6.45) is 2.91. The molecule has 0 unspecified atom stereocenters. The van der Waals surface area contributed by atoms with E-state index >= 15 is 0 Å². The van der Waals surface area contributed by atoms with Gasteiger partial charge < -0.3 is 0 Å².